The molecule has 4 rings (SSSR count). The van der Waals surface area contributed by atoms with Crippen molar-refractivity contribution in [3.05, 3.63) is 83.3 Å². The molecule has 1 aromatic heterocycles. The minimum atomic E-state index is -0.493. The summed E-state index contributed by atoms with van der Waals surface area (Å²) in [6.07, 6.45) is 2.10. The van der Waals surface area contributed by atoms with Crippen LogP contribution in [0.3, 0.4) is 0 Å². The van der Waals surface area contributed by atoms with Crippen molar-refractivity contribution in [1.29, 1.82) is 0 Å². The molecule has 0 fully saturated rings. The molecule has 8 nitrogen and oxygen atoms in total. The number of benzene rings is 2. The molecule has 1 aliphatic rings. The average Bonchev–Trinajstić information content (AvgIpc) is 3.52. The van der Waals surface area contributed by atoms with Gasteiger partial charge in [-0.2, -0.15) is 5.10 Å². The molecule has 170 valence electrons. The Labute approximate surface area is 191 Å². The van der Waals surface area contributed by atoms with Crippen LogP contribution in [-0.4, -0.2) is 43.4 Å². The van der Waals surface area contributed by atoms with E-state index in [1.807, 2.05) is 37.3 Å². The molecule has 33 heavy (non-hydrogen) atoms. The second-order valence-corrected chi connectivity index (χ2v) is 7.53. The third-order valence-electron chi connectivity index (χ3n) is 5.36. The zero-order chi connectivity index (χ0) is 23.4. The molecule has 0 radical (unpaired) electrons. The highest BCUT2D eigenvalue weighted by atomic mass is 16.5. The van der Waals surface area contributed by atoms with E-state index in [-0.39, 0.29) is 18.6 Å². The maximum absolute atomic E-state index is 13.1. The zero-order valence-electron chi connectivity index (χ0n) is 18.6. The van der Waals surface area contributed by atoms with Gasteiger partial charge in [0.25, 0.3) is 5.91 Å². The number of carbonyl (C=O) groups excluding carboxylic acids is 2. The lowest BCUT2D eigenvalue weighted by Crippen LogP contribution is -2.31. The molecule has 2 aromatic carbocycles. The van der Waals surface area contributed by atoms with Gasteiger partial charge in [0.05, 0.1) is 31.8 Å². The summed E-state index contributed by atoms with van der Waals surface area (Å²) in [5.74, 6) is 0.465. The molecule has 1 aliphatic heterocycles. The number of amides is 1. The molecule has 1 atom stereocenters. The monoisotopic (exact) mass is 448 g/mol. The zero-order valence-corrected chi connectivity index (χ0v) is 18.6. The first kappa shape index (κ1) is 22.1. The van der Waals surface area contributed by atoms with Crippen LogP contribution in [0.25, 0.3) is 0 Å². The molecular weight excluding hydrogens is 424 g/mol. The van der Waals surface area contributed by atoms with E-state index in [9.17, 15) is 9.59 Å². The van der Waals surface area contributed by atoms with Crippen molar-refractivity contribution < 1.29 is 28.2 Å². The van der Waals surface area contributed by atoms with E-state index in [1.165, 1.54) is 25.3 Å². The number of esters is 1. The Morgan fingerprint density at radius 1 is 1.09 bits per heavy atom. The van der Waals surface area contributed by atoms with Crippen LogP contribution < -0.4 is 9.47 Å². The number of methoxy groups -OCH3 is 2. The van der Waals surface area contributed by atoms with E-state index in [0.717, 1.165) is 16.8 Å². The Morgan fingerprint density at radius 2 is 1.88 bits per heavy atom. The van der Waals surface area contributed by atoms with Gasteiger partial charge in [-0.15, -0.1) is 0 Å². The Balaban J connectivity index is 1.53. The summed E-state index contributed by atoms with van der Waals surface area (Å²) in [6, 6.07) is 15.9. The summed E-state index contributed by atoms with van der Waals surface area (Å²) in [4.78, 5) is 24.9. The van der Waals surface area contributed by atoms with Crippen molar-refractivity contribution >= 4 is 17.6 Å². The van der Waals surface area contributed by atoms with Crippen LogP contribution in [0.2, 0.25) is 0 Å². The fourth-order valence-corrected chi connectivity index (χ4v) is 3.60. The molecule has 3 aromatic rings. The lowest BCUT2D eigenvalue weighted by Gasteiger charge is -2.20. The molecule has 0 unspecified atom stereocenters. The predicted octanol–water partition coefficient (Wildman–Crippen LogP) is 4.14. The molecule has 1 amide bonds. The number of aryl methyl sites for hydroxylation is 1. The minimum absolute atomic E-state index is 0.268. The predicted molar refractivity (Wildman–Crippen MR) is 120 cm³/mol. The number of nitrogens with zero attached hydrogens (tertiary/aromatic N) is 2. The third kappa shape index (κ3) is 4.74. The summed E-state index contributed by atoms with van der Waals surface area (Å²) < 4.78 is 21.3. The van der Waals surface area contributed by atoms with Gasteiger partial charge in [-0.1, -0.05) is 29.8 Å². The van der Waals surface area contributed by atoms with E-state index in [0.29, 0.717) is 29.2 Å². The maximum atomic E-state index is 13.1. The Kier molecular flexibility index (Phi) is 6.44. The number of carbonyl (C=O) groups is 2. The topological polar surface area (TPSA) is 90.6 Å². The molecular formula is C25H24N2O6. The van der Waals surface area contributed by atoms with Crippen molar-refractivity contribution in [3.63, 3.8) is 0 Å². The number of hydrazone groups is 1. The van der Waals surface area contributed by atoms with Crippen molar-refractivity contribution in [3.8, 4) is 11.5 Å². The Morgan fingerprint density at radius 3 is 2.55 bits per heavy atom. The molecule has 0 bridgehead atoms. The van der Waals surface area contributed by atoms with E-state index >= 15 is 0 Å². The molecule has 0 aliphatic carbocycles. The highest BCUT2D eigenvalue weighted by molar-refractivity contribution is 6.03. The van der Waals surface area contributed by atoms with Gasteiger partial charge >= 0.3 is 5.97 Å². The van der Waals surface area contributed by atoms with Gasteiger partial charge in [0.15, 0.2) is 18.1 Å². The molecule has 2 heterocycles. The summed E-state index contributed by atoms with van der Waals surface area (Å²) in [5.41, 5.74) is 3.21. The van der Waals surface area contributed by atoms with Gasteiger partial charge in [-0.25, -0.2) is 9.80 Å². The highest BCUT2D eigenvalue weighted by Crippen LogP contribution is 2.34. The first-order valence-electron chi connectivity index (χ1n) is 10.4. The van der Waals surface area contributed by atoms with Crippen molar-refractivity contribution in [2.45, 2.75) is 19.4 Å². The molecule has 0 N–H and O–H groups in total. The molecule has 0 saturated heterocycles. The molecule has 0 spiro atoms. The van der Waals surface area contributed by atoms with Crippen molar-refractivity contribution in [1.82, 2.24) is 5.01 Å². The number of hydrogen-bond donors (Lipinski definition) is 0. The van der Waals surface area contributed by atoms with E-state index in [4.69, 9.17) is 18.6 Å². The van der Waals surface area contributed by atoms with Gasteiger partial charge in [0.2, 0.25) is 0 Å². The summed E-state index contributed by atoms with van der Waals surface area (Å²) >= 11 is 0. The minimum Gasteiger partial charge on any atom is -0.493 e. The summed E-state index contributed by atoms with van der Waals surface area (Å²) in [6.45, 7) is 1.75. The van der Waals surface area contributed by atoms with Gasteiger partial charge in [-0.05, 0) is 42.8 Å². The highest BCUT2D eigenvalue weighted by Gasteiger charge is 2.35. The summed E-state index contributed by atoms with van der Waals surface area (Å²) in [7, 11) is 2.76. The van der Waals surface area contributed by atoms with Crippen LogP contribution in [0.1, 0.15) is 39.7 Å². The quantitative estimate of drug-likeness (QED) is 0.505. The SMILES string of the molecule is COC(=O)c1ccc(OCC(=O)N2N=C(c3ccc(C)cc3)C[C@H]2c2ccco2)c(OC)c1. The van der Waals surface area contributed by atoms with Crippen LogP contribution >= 0.6 is 0 Å². The van der Waals surface area contributed by atoms with Crippen LogP contribution in [0.4, 0.5) is 0 Å². The second kappa shape index (κ2) is 9.60. The second-order valence-electron chi connectivity index (χ2n) is 7.53. The number of ether oxygens (including phenoxy) is 3. The number of rotatable bonds is 7. The first-order valence-corrected chi connectivity index (χ1v) is 10.4. The number of furan rings is 1. The fourth-order valence-electron chi connectivity index (χ4n) is 3.60. The van der Waals surface area contributed by atoms with Crippen LogP contribution in [-0.2, 0) is 9.53 Å². The molecule has 0 saturated carbocycles. The van der Waals surface area contributed by atoms with E-state index in [2.05, 4.69) is 5.10 Å². The van der Waals surface area contributed by atoms with Crippen LogP contribution in [0, 0.1) is 6.92 Å². The van der Waals surface area contributed by atoms with Gasteiger partial charge in [0, 0.05) is 6.42 Å². The summed E-state index contributed by atoms with van der Waals surface area (Å²) in [5, 5.41) is 6.00. The Hall–Kier alpha value is -4.07. The maximum Gasteiger partial charge on any atom is 0.337 e. The molecule has 8 heteroatoms. The van der Waals surface area contributed by atoms with Crippen LogP contribution in [0.15, 0.2) is 70.4 Å². The lowest BCUT2D eigenvalue weighted by atomic mass is 10.0. The van der Waals surface area contributed by atoms with Crippen LogP contribution in [0.5, 0.6) is 11.5 Å². The van der Waals surface area contributed by atoms with Gasteiger partial charge in [-0.3, -0.25) is 4.79 Å². The normalized spacial score (nSPS) is 15.2. The van der Waals surface area contributed by atoms with E-state index < -0.39 is 5.97 Å². The van der Waals surface area contributed by atoms with Gasteiger partial charge < -0.3 is 18.6 Å². The number of hydrogen-bond acceptors (Lipinski definition) is 7. The smallest absolute Gasteiger partial charge is 0.337 e. The van der Waals surface area contributed by atoms with Gasteiger partial charge in [0.1, 0.15) is 11.8 Å². The van der Waals surface area contributed by atoms with Crippen molar-refractivity contribution in [2.75, 3.05) is 20.8 Å². The lowest BCUT2D eigenvalue weighted by molar-refractivity contribution is -0.135. The van der Waals surface area contributed by atoms with E-state index in [1.54, 1.807) is 24.5 Å². The third-order valence-corrected chi connectivity index (χ3v) is 5.36. The average molecular weight is 448 g/mol. The fraction of sp³-hybridized carbons (Fsp3) is 0.240. The first-order chi connectivity index (χ1) is 16.0. The van der Waals surface area contributed by atoms with Crippen molar-refractivity contribution in [2.24, 2.45) is 5.10 Å². The standard InChI is InChI=1S/C25H24N2O6/c1-16-6-8-17(9-7-16)19-14-20(21-5-4-12-32-21)27(26-19)24(28)15-33-22-11-10-18(25(29)31-3)13-23(22)30-2/h4-13,20H,14-15H2,1-3H3/t20-/m0/s1. The Bertz CT molecular complexity index is 1170. The largest absolute Gasteiger partial charge is 0.493 e.